The molecular weight excluding hydrogens is 281 g/mol. The number of hydrogen-bond donors (Lipinski definition) is 2. The number of carbonyl (C=O) groups is 1. The van der Waals surface area contributed by atoms with Gasteiger partial charge in [-0.15, -0.1) is 0 Å². The number of amides is 1. The second-order valence-electron chi connectivity index (χ2n) is 5.23. The number of fused-ring (bicyclic) bond motifs is 1. The molecule has 0 bridgehead atoms. The molecule has 1 unspecified atom stereocenters. The number of anilines is 1. The summed E-state index contributed by atoms with van der Waals surface area (Å²) >= 11 is 0. The van der Waals surface area contributed by atoms with Crippen molar-refractivity contribution in [3.05, 3.63) is 29.3 Å². The van der Waals surface area contributed by atoms with E-state index in [-0.39, 0.29) is 18.4 Å². The second-order valence-corrected chi connectivity index (χ2v) is 5.23. The highest BCUT2D eigenvalue weighted by atomic mass is 19.4. The average Bonchev–Trinajstić information content (AvgIpc) is 2.42. The van der Waals surface area contributed by atoms with Gasteiger partial charge >= 0.3 is 6.18 Å². The number of hydrogen-bond acceptors (Lipinski definition) is 2. The molecule has 0 radical (unpaired) electrons. The standard InChI is InChI=1S/C15H19F3N2O/c1-2-19-12(7-8-15(16,17)18)10-3-5-13-11(9-10)4-6-14(21)20-13/h3,5,9,12,19H,2,4,6-8H2,1H3,(H,20,21). The van der Waals surface area contributed by atoms with Gasteiger partial charge in [0.15, 0.2) is 0 Å². The lowest BCUT2D eigenvalue weighted by molar-refractivity contribution is -0.136. The molecule has 0 saturated carbocycles. The molecule has 1 amide bonds. The summed E-state index contributed by atoms with van der Waals surface area (Å²) in [6, 6.07) is 5.14. The van der Waals surface area contributed by atoms with Crippen molar-refractivity contribution in [1.29, 1.82) is 0 Å². The summed E-state index contributed by atoms with van der Waals surface area (Å²) in [6.45, 7) is 2.48. The molecule has 1 aliphatic rings. The lowest BCUT2D eigenvalue weighted by Gasteiger charge is -2.23. The van der Waals surface area contributed by atoms with Crippen LogP contribution in [-0.2, 0) is 11.2 Å². The van der Waals surface area contributed by atoms with Crippen molar-refractivity contribution < 1.29 is 18.0 Å². The van der Waals surface area contributed by atoms with Gasteiger partial charge in [-0.25, -0.2) is 0 Å². The van der Waals surface area contributed by atoms with Crippen LogP contribution < -0.4 is 10.6 Å². The zero-order valence-corrected chi connectivity index (χ0v) is 11.9. The van der Waals surface area contributed by atoms with Crippen LogP contribution in [-0.4, -0.2) is 18.6 Å². The molecule has 2 N–H and O–H groups in total. The first-order valence-corrected chi connectivity index (χ1v) is 7.12. The van der Waals surface area contributed by atoms with E-state index < -0.39 is 12.6 Å². The molecule has 116 valence electrons. The van der Waals surface area contributed by atoms with E-state index in [0.29, 0.717) is 19.4 Å². The summed E-state index contributed by atoms with van der Waals surface area (Å²) in [5.41, 5.74) is 2.60. The fraction of sp³-hybridized carbons (Fsp3) is 0.533. The van der Waals surface area contributed by atoms with Crippen LogP contribution in [0, 0.1) is 0 Å². The molecule has 1 atom stereocenters. The summed E-state index contributed by atoms with van der Waals surface area (Å²) < 4.78 is 37.2. The van der Waals surface area contributed by atoms with Crippen LogP contribution in [0.3, 0.4) is 0 Å². The number of aryl methyl sites for hydroxylation is 1. The Balaban J connectivity index is 2.14. The van der Waals surface area contributed by atoms with Crippen LogP contribution >= 0.6 is 0 Å². The Kier molecular flexibility index (Phi) is 4.88. The maximum atomic E-state index is 12.4. The summed E-state index contributed by atoms with van der Waals surface area (Å²) in [6.07, 6.45) is -3.88. The Hall–Kier alpha value is -1.56. The highest BCUT2D eigenvalue weighted by molar-refractivity contribution is 5.93. The van der Waals surface area contributed by atoms with Crippen molar-refractivity contribution in [1.82, 2.24) is 5.32 Å². The highest BCUT2D eigenvalue weighted by Crippen LogP contribution is 2.30. The first-order valence-electron chi connectivity index (χ1n) is 7.12. The molecule has 1 heterocycles. The monoisotopic (exact) mass is 300 g/mol. The molecule has 0 aromatic heterocycles. The van der Waals surface area contributed by atoms with Crippen molar-refractivity contribution in [2.45, 2.75) is 44.8 Å². The maximum Gasteiger partial charge on any atom is 0.389 e. The molecule has 0 spiro atoms. The van der Waals surface area contributed by atoms with Gasteiger partial charge in [-0.1, -0.05) is 19.1 Å². The molecule has 1 aromatic rings. The van der Waals surface area contributed by atoms with E-state index in [1.54, 1.807) is 12.1 Å². The van der Waals surface area contributed by atoms with E-state index >= 15 is 0 Å². The first kappa shape index (κ1) is 15.8. The number of alkyl halides is 3. The van der Waals surface area contributed by atoms with E-state index in [2.05, 4.69) is 10.6 Å². The van der Waals surface area contributed by atoms with E-state index in [4.69, 9.17) is 0 Å². The predicted molar refractivity (Wildman–Crippen MR) is 75.1 cm³/mol. The van der Waals surface area contributed by atoms with Gasteiger partial charge in [0, 0.05) is 24.6 Å². The third kappa shape index (κ3) is 4.46. The number of benzene rings is 1. The fourth-order valence-electron chi connectivity index (χ4n) is 2.56. The second kappa shape index (κ2) is 6.47. The van der Waals surface area contributed by atoms with Gasteiger partial charge in [0.1, 0.15) is 0 Å². The summed E-state index contributed by atoms with van der Waals surface area (Å²) in [7, 11) is 0. The lowest BCUT2D eigenvalue weighted by atomic mass is 9.95. The van der Waals surface area contributed by atoms with Crippen molar-refractivity contribution >= 4 is 11.6 Å². The zero-order chi connectivity index (χ0) is 15.5. The third-order valence-electron chi connectivity index (χ3n) is 3.59. The van der Waals surface area contributed by atoms with E-state index in [1.807, 2.05) is 13.0 Å². The van der Waals surface area contributed by atoms with Crippen LogP contribution in [0.15, 0.2) is 18.2 Å². The molecule has 2 rings (SSSR count). The zero-order valence-electron chi connectivity index (χ0n) is 11.9. The Morgan fingerprint density at radius 1 is 1.33 bits per heavy atom. The van der Waals surface area contributed by atoms with E-state index in [9.17, 15) is 18.0 Å². The minimum absolute atomic E-state index is 0.0164. The predicted octanol–water partition coefficient (Wildman–Crippen LogP) is 3.56. The van der Waals surface area contributed by atoms with Crippen LogP contribution in [0.2, 0.25) is 0 Å². The van der Waals surface area contributed by atoms with Crippen molar-refractivity contribution in [3.8, 4) is 0 Å². The maximum absolute atomic E-state index is 12.4. The molecular formula is C15H19F3N2O. The molecule has 1 aliphatic heterocycles. The molecule has 21 heavy (non-hydrogen) atoms. The van der Waals surface area contributed by atoms with Gasteiger partial charge in [0.2, 0.25) is 5.91 Å². The Morgan fingerprint density at radius 3 is 2.76 bits per heavy atom. The smallest absolute Gasteiger partial charge is 0.326 e. The summed E-state index contributed by atoms with van der Waals surface area (Å²) in [4.78, 5) is 11.3. The molecule has 0 saturated heterocycles. The number of halogens is 3. The van der Waals surface area contributed by atoms with E-state index in [0.717, 1.165) is 16.8 Å². The average molecular weight is 300 g/mol. The van der Waals surface area contributed by atoms with Gasteiger partial charge in [0.25, 0.3) is 0 Å². The largest absolute Gasteiger partial charge is 0.389 e. The van der Waals surface area contributed by atoms with Crippen molar-refractivity contribution in [3.63, 3.8) is 0 Å². The minimum Gasteiger partial charge on any atom is -0.326 e. The lowest BCUT2D eigenvalue weighted by Crippen LogP contribution is -2.24. The Bertz CT molecular complexity index is 514. The van der Waals surface area contributed by atoms with Crippen molar-refractivity contribution in [2.24, 2.45) is 0 Å². The van der Waals surface area contributed by atoms with E-state index in [1.165, 1.54) is 0 Å². The Labute approximate surface area is 121 Å². The Morgan fingerprint density at radius 2 is 2.10 bits per heavy atom. The topological polar surface area (TPSA) is 41.1 Å². The molecule has 3 nitrogen and oxygen atoms in total. The molecule has 6 heteroatoms. The third-order valence-corrected chi connectivity index (χ3v) is 3.59. The van der Waals surface area contributed by atoms with Crippen LogP contribution in [0.4, 0.5) is 18.9 Å². The van der Waals surface area contributed by atoms with Gasteiger partial charge < -0.3 is 10.6 Å². The molecule has 1 aromatic carbocycles. The van der Waals surface area contributed by atoms with Gasteiger partial charge in [0.05, 0.1) is 0 Å². The van der Waals surface area contributed by atoms with Gasteiger partial charge in [-0.05, 0) is 36.6 Å². The highest BCUT2D eigenvalue weighted by Gasteiger charge is 2.28. The fourth-order valence-corrected chi connectivity index (χ4v) is 2.56. The molecule has 0 aliphatic carbocycles. The normalized spacial score (nSPS) is 16.3. The van der Waals surface area contributed by atoms with Crippen LogP contribution in [0.25, 0.3) is 0 Å². The number of rotatable bonds is 5. The summed E-state index contributed by atoms with van der Waals surface area (Å²) in [5, 5.41) is 5.87. The van der Waals surface area contributed by atoms with Crippen LogP contribution in [0.1, 0.15) is 43.4 Å². The minimum atomic E-state index is -4.14. The van der Waals surface area contributed by atoms with Crippen molar-refractivity contribution in [2.75, 3.05) is 11.9 Å². The SMILES string of the molecule is CCNC(CCC(F)(F)F)c1ccc2c(c1)CCC(=O)N2. The van der Waals surface area contributed by atoms with Gasteiger partial charge in [-0.3, -0.25) is 4.79 Å². The summed E-state index contributed by atoms with van der Waals surface area (Å²) in [5.74, 6) is -0.0180. The molecule has 0 fully saturated rings. The van der Waals surface area contributed by atoms with Gasteiger partial charge in [-0.2, -0.15) is 13.2 Å². The first-order chi connectivity index (χ1) is 9.89. The quantitative estimate of drug-likeness (QED) is 0.873. The number of nitrogens with one attached hydrogen (secondary N) is 2. The number of carbonyl (C=O) groups excluding carboxylic acids is 1. The van der Waals surface area contributed by atoms with Crippen LogP contribution in [0.5, 0.6) is 0 Å².